The van der Waals surface area contributed by atoms with Crippen LogP contribution in [0.4, 0.5) is 0 Å². The topological polar surface area (TPSA) is 29.9 Å². The van der Waals surface area contributed by atoms with E-state index in [0.29, 0.717) is 6.04 Å². The van der Waals surface area contributed by atoms with Crippen molar-refractivity contribution in [2.45, 2.75) is 12.6 Å². The monoisotopic (exact) mass is 257 g/mol. The van der Waals surface area contributed by atoms with Gasteiger partial charge in [0.1, 0.15) is 0 Å². The molecule has 0 aliphatic carbocycles. The predicted octanol–water partition coefficient (Wildman–Crippen LogP) is 3.06. The molecule has 0 saturated carbocycles. The van der Waals surface area contributed by atoms with Gasteiger partial charge >= 0.3 is 0 Å². The lowest BCUT2D eigenvalue weighted by Gasteiger charge is -2.16. The quantitative estimate of drug-likeness (QED) is 0.778. The number of likely N-dealkylation sites (N-methyl/N-ethyl adjacent to an activating group) is 1. The summed E-state index contributed by atoms with van der Waals surface area (Å²) in [6.45, 7) is 0.897. The Kier molecular flexibility index (Phi) is 3.13. The van der Waals surface area contributed by atoms with Crippen molar-refractivity contribution in [3.05, 3.63) is 53.0 Å². The molecule has 1 aromatic carbocycles. The fourth-order valence-electron chi connectivity index (χ4n) is 2.19. The van der Waals surface area contributed by atoms with Crippen LogP contribution in [0.3, 0.4) is 0 Å². The highest BCUT2D eigenvalue weighted by Gasteiger charge is 2.11. The van der Waals surface area contributed by atoms with E-state index in [2.05, 4.69) is 43.8 Å². The van der Waals surface area contributed by atoms with Gasteiger partial charge in [-0.25, -0.2) is 4.98 Å². The second-order valence-corrected chi connectivity index (χ2v) is 5.06. The molecule has 2 heterocycles. The Labute approximate surface area is 110 Å². The molecule has 0 bridgehead atoms. The first-order chi connectivity index (χ1) is 8.88. The minimum Gasteiger partial charge on any atom is -0.329 e. The van der Waals surface area contributed by atoms with E-state index < -0.39 is 0 Å². The number of rotatable bonds is 4. The lowest BCUT2D eigenvalue weighted by molar-refractivity contribution is 0.509. The molecule has 0 aliphatic heterocycles. The van der Waals surface area contributed by atoms with Crippen LogP contribution in [0.25, 0.3) is 11.0 Å². The van der Waals surface area contributed by atoms with Crippen molar-refractivity contribution in [3.63, 3.8) is 0 Å². The average Bonchev–Trinajstić information content (AvgIpc) is 3.06. The molecule has 0 spiro atoms. The summed E-state index contributed by atoms with van der Waals surface area (Å²) in [6, 6.07) is 10.7. The first kappa shape index (κ1) is 11.4. The van der Waals surface area contributed by atoms with Gasteiger partial charge in [0.05, 0.1) is 23.4 Å². The number of fused-ring (bicyclic) bond motifs is 1. The lowest BCUT2D eigenvalue weighted by atomic mass is 10.1. The van der Waals surface area contributed by atoms with Crippen molar-refractivity contribution in [1.82, 2.24) is 14.9 Å². The Balaban J connectivity index is 1.91. The third-order valence-corrected chi connectivity index (χ3v) is 3.90. The summed E-state index contributed by atoms with van der Waals surface area (Å²) in [4.78, 5) is 4.43. The number of hydrogen-bond acceptors (Lipinski definition) is 3. The van der Waals surface area contributed by atoms with Gasteiger partial charge in [-0.15, -0.1) is 0 Å². The highest BCUT2D eigenvalue weighted by molar-refractivity contribution is 7.07. The zero-order valence-electron chi connectivity index (χ0n) is 10.2. The zero-order chi connectivity index (χ0) is 12.4. The number of aromatic nitrogens is 2. The second kappa shape index (κ2) is 4.92. The van der Waals surface area contributed by atoms with Crippen molar-refractivity contribution in [3.8, 4) is 0 Å². The van der Waals surface area contributed by atoms with Crippen molar-refractivity contribution in [2.75, 3.05) is 7.05 Å². The predicted molar refractivity (Wildman–Crippen MR) is 75.9 cm³/mol. The molecule has 0 fully saturated rings. The van der Waals surface area contributed by atoms with E-state index in [-0.39, 0.29) is 0 Å². The summed E-state index contributed by atoms with van der Waals surface area (Å²) in [5.74, 6) is 0. The van der Waals surface area contributed by atoms with Crippen LogP contribution in [0.15, 0.2) is 47.4 Å². The summed E-state index contributed by atoms with van der Waals surface area (Å²) in [6.07, 6.45) is 1.92. The largest absolute Gasteiger partial charge is 0.329 e. The van der Waals surface area contributed by atoms with E-state index >= 15 is 0 Å². The van der Waals surface area contributed by atoms with Crippen molar-refractivity contribution >= 4 is 22.4 Å². The van der Waals surface area contributed by atoms with Gasteiger partial charge in [0.25, 0.3) is 0 Å². The van der Waals surface area contributed by atoms with Gasteiger partial charge in [-0.1, -0.05) is 12.1 Å². The SMILES string of the molecule is CNC(Cn1cnc2ccccc21)c1ccsc1. The van der Waals surface area contributed by atoms with Gasteiger partial charge in [0.15, 0.2) is 0 Å². The third kappa shape index (κ3) is 2.05. The number of imidazole rings is 1. The first-order valence-corrected chi connectivity index (χ1v) is 6.92. The molecule has 3 aromatic rings. The number of benzene rings is 1. The summed E-state index contributed by atoms with van der Waals surface area (Å²) >= 11 is 1.73. The molecule has 0 aliphatic rings. The molecular weight excluding hydrogens is 242 g/mol. The van der Waals surface area contributed by atoms with Crippen LogP contribution in [0, 0.1) is 0 Å². The van der Waals surface area contributed by atoms with Crippen LogP contribution >= 0.6 is 11.3 Å². The van der Waals surface area contributed by atoms with Gasteiger partial charge in [0.2, 0.25) is 0 Å². The Morgan fingerprint density at radius 3 is 3.00 bits per heavy atom. The van der Waals surface area contributed by atoms with Gasteiger partial charge in [-0.05, 0) is 41.6 Å². The van der Waals surface area contributed by atoms with Gasteiger partial charge in [0, 0.05) is 6.54 Å². The molecule has 92 valence electrons. The van der Waals surface area contributed by atoms with E-state index in [9.17, 15) is 0 Å². The highest BCUT2D eigenvalue weighted by Crippen LogP contribution is 2.20. The number of nitrogens with one attached hydrogen (secondary N) is 1. The maximum Gasteiger partial charge on any atom is 0.0958 e. The molecule has 1 unspecified atom stereocenters. The van der Waals surface area contributed by atoms with E-state index in [1.54, 1.807) is 11.3 Å². The zero-order valence-corrected chi connectivity index (χ0v) is 11.0. The number of thiophene rings is 1. The summed E-state index contributed by atoms with van der Waals surface area (Å²) in [5.41, 5.74) is 3.57. The maximum absolute atomic E-state index is 4.43. The summed E-state index contributed by atoms with van der Waals surface area (Å²) < 4.78 is 2.20. The highest BCUT2D eigenvalue weighted by atomic mass is 32.1. The lowest BCUT2D eigenvalue weighted by Crippen LogP contribution is -2.21. The molecule has 1 N–H and O–H groups in total. The smallest absolute Gasteiger partial charge is 0.0958 e. The summed E-state index contributed by atoms with van der Waals surface area (Å²) in [5, 5.41) is 7.68. The average molecular weight is 257 g/mol. The molecule has 18 heavy (non-hydrogen) atoms. The number of hydrogen-bond donors (Lipinski definition) is 1. The first-order valence-electron chi connectivity index (χ1n) is 5.97. The number of para-hydroxylation sites is 2. The molecule has 1 atom stereocenters. The summed E-state index contributed by atoms with van der Waals surface area (Å²) in [7, 11) is 2.00. The molecule has 0 saturated heterocycles. The fraction of sp³-hybridized carbons (Fsp3) is 0.214. The van der Waals surface area contributed by atoms with E-state index in [1.165, 1.54) is 11.1 Å². The molecule has 3 nitrogen and oxygen atoms in total. The normalized spacial score (nSPS) is 12.9. The minimum absolute atomic E-state index is 0.328. The van der Waals surface area contributed by atoms with Crippen LogP contribution < -0.4 is 5.32 Å². The maximum atomic E-state index is 4.43. The Bertz CT molecular complexity index is 627. The van der Waals surface area contributed by atoms with Gasteiger partial charge in [-0.2, -0.15) is 11.3 Å². The van der Waals surface area contributed by atoms with Gasteiger partial charge < -0.3 is 9.88 Å². The Hall–Kier alpha value is -1.65. The van der Waals surface area contributed by atoms with Crippen LogP contribution in [-0.4, -0.2) is 16.6 Å². The molecule has 2 aromatic heterocycles. The van der Waals surface area contributed by atoms with Crippen molar-refractivity contribution in [2.24, 2.45) is 0 Å². The van der Waals surface area contributed by atoms with E-state index in [0.717, 1.165) is 12.1 Å². The van der Waals surface area contributed by atoms with Crippen LogP contribution in [-0.2, 0) is 6.54 Å². The van der Waals surface area contributed by atoms with E-state index in [1.807, 2.05) is 25.5 Å². The standard InChI is InChI=1S/C14H15N3S/c1-15-13(11-6-7-18-9-11)8-17-10-16-12-4-2-3-5-14(12)17/h2-7,9-10,13,15H,8H2,1H3. The van der Waals surface area contributed by atoms with Crippen LogP contribution in [0.5, 0.6) is 0 Å². The van der Waals surface area contributed by atoms with Crippen molar-refractivity contribution < 1.29 is 0 Å². The minimum atomic E-state index is 0.328. The van der Waals surface area contributed by atoms with Crippen LogP contribution in [0.1, 0.15) is 11.6 Å². The Morgan fingerprint density at radius 1 is 1.33 bits per heavy atom. The molecule has 0 radical (unpaired) electrons. The second-order valence-electron chi connectivity index (χ2n) is 4.28. The molecule has 3 rings (SSSR count). The molecular formula is C14H15N3S. The molecule has 0 amide bonds. The van der Waals surface area contributed by atoms with Gasteiger partial charge in [-0.3, -0.25) is 0 Å². The molecule has 4 heteroatoms. The third-order valence-electron chi connectivity index (χ3n) is 3.20. The fourth-order valence-corrected chi connectivity index (χ4v) is 2.90. The number of nitrogens with zero attached hydrogens (tertiary/aromatic N) is 2. The van der Waals surface area contributed by atoms with Crippen LogP contribution in [0.2, 0.25) is 0 Å². The van der Waals surface area contributed by atoms with Crippen molar-refractivity contribution in [1.29, 1.82) is 0 Å². The van der Waals surface area contributed by atoms with E-state index in [4.69, 9.17) is 0 Å². The Morgan fingerprint density at radius 2 is 2.22 bits per heavy atom.